The van der Waals surface area contributed by atoms with Gasteiger partial charge in [0.2, 0.25) is 5.91 Å². The maximum absolute atomic E-state index is 13.6. The van der Waals surface area contributed by atoms with Crippen molar-refractivity contribution in [1.29, 1.82) is 0 Å². The average Bonchev–Trinajstić information content (AvgIpc) is 2.99. The van der Waals surface area contributed by atoms with Crippen molar-refractivity contribution in [3.8, 4) is 0 Å². The molecule has 0 saturated carbocycles. The van der Waals surface area contributed by atoms with Crippen LogP contribution in [0.25, 0.3) is 10.2 Å². The van der Waals surface area contributed by atoms with Crippen LogP contribution in [0.2, 0.25) is 0 Å². The van der Waals surface area contributed by atoms with Crippen molar-refractivity contribution >= 4 is 33.1 Å². The summed E-state index contributed by atoms with van der Waals surface area (Å²) < 4.78 is 14.9. The number of carbonyl (C=O) groups is 1. The number of rotatable bonds is 3. The highest BCUT2D eigenvalue weighted by Gasteiger charge is 2.20. The van der Waals surface area contributed by atoms with Gasteiger partial charge in [-0.2, -0.15) is 0 Å². The first-order valence-corrected chi connectivity index (χ1v) is 8.99. The summed E-state index contributed by atoms with van der Waals surface area (Å²) in [6.45, 7) is -0.194. The van der Waals surface area contributed by atoms with Gasteiger partial charge in [0.25, 0.3) is 5.56 Å². The number of carbonyl (C=O) groups excluding carboxylic acids is 1. The summed E-state index contributed by atoms with van der Waals surface area (Å²) >= 11 is 1.57. The van der Waals surface area contributed by atoms with Crippen molar-refractivity contribution in [2.24, 2.45) is 0 Å². The molecule has 1 aliphatic carbocycles. The van der Waals surface area contributed by atoms with Crippen LogP contribution in [0.1, 0.15) is 23.3 Å². The Morgan fingerprint density at radius 1 is 1.28 bits per heavy atom. The Morgan fingerprint density at radius 2 is 2.08 bits per heavy atom. The van der Waals surface area contributed by atoms with Gasteiger partial charge in [0.05, 0.1) is 17.4 Å². The number of nitrogens with zero attached hydrogens (tertiary/aromatic N) is 2. The van der Waals surface area contributed by atoms with Crippen molar-refractivity contribution in [2.45, 2.75) is 32.2 Å². The molecule has 128 valence electrons. The number of para-hydroxylation sites is 1. The Kier molecular flexibility index (Phi) is 4.09. The molecule has 2 aromatic heterocycles. The van der Waals surface area contributed by atoms with E-state index in [1.54, 1.807) is 23.5 Å². The van der Waals surface area contributed by atoms with Crippen LogP contribution in [-0.2, 0) is 24.2 Å². The smallest absolute Gasteiger partial charge is 0.262 e. The number of fused-ring (bicyclic) bond motifs is 3. The summed E-state index contributed by atoms with van der Waals surface area (Å²) in [5.41, 5.74) is 0.989. The van der Waals surface area contributed by atoms with Gasteiger partial charge in [-0.25, -0.2) is 9.37 Å². The van der Waals surface area contributed by atoms with Gasteiger partial charge in [-0.3, -0.25) is 14.2 Å². The molecule has 0 bridgehead atoms. The van der Waals surface area contributed by atoms with Crippen molar-refractivity contribution in [3.63, 3.8) is 0 Å². The number of nitrogens with one attached hydrogen (secondary N) is 1. The molecule has 0 atom stereocenters. The summed E-state index contributed by atoms with van der Waals surface area (Å²) in [6.07, 6.45) is 5.48. The molecule has 1 N–H and O–H groups in total. The number of amides is 1. The topological polar surface area (TPSA) is 64.0 Å². The molecule has 0 aliphatic heterocycles. The molecule has 0 saturated heterocycles. The Hall–Kier alpha value is -2.54. The van der Waals surface area contributed by atoms with Crippen LogP contribution in [0.5, 0.6) is 0 Å². The number of halogens is 1. The highest BCUT2D eigenvalue weighted by Crippen LogP contribution is 2.33. The monoisotopic (exact) mass is 357 g/mol. The van der Waals surface area contributed by atoms with Gasteiger partial charge >= 0.3 is 0 Å². The second-order valence-corrected chi connectivity index (χ2v) is 7.18. The Labute approximate surface area is 147 Å². The molecular formula is C18H16FN3O2S. The van der Waals surface area contributed by atoms with Crippen LogP contribution in [0.4, 0.5) is 10.1 Å². The minimum Gasteiger partial charge on any atom is -0.322 e. The SMILES string of the molecule is O=C(Cn1cnc2sc3c(c2c1=O)CCCC3)Nc1ccccc1F. The summed E-state index contributed by atoms with van der Waals surface area (Å²) in [4.78, 5) is 31.3. The second-order valence-electron chi connectivity index (χ2n) is 6.10. The maximum Gasteiger partial charge on any atom is 0.262 e. The first-order chi connectivity index (χ1) is 12.1. The fourth-order valence-electron chi connectivity index (χ4n) is 3.20. The van der Waals surface area contributed by atoms with E-state index in [2.05, 4.69) is 10.3 Å². The zero-order valence-corrected chi connectivity index (χ0v) is 14.2. The van der Waals surface area contributed by atoms with Gasteiger partial charge in [-0.15, -0.1) is 11.3 Å². The van der Waals surface area contributed by atoms with E-state index in [-0.39, 0.29) is 17.8 Å². The molecule has 3 aromatic rings. The third kappa shape index (κ3) is 2.95. The maximum atomic E-state index is 13.6. The molecule has 25 heavy (non-hydrogen) atoms. The Morgan fingerprint density at radius 3 is 2.92 bits per heavy atom. The van der Waals surface area contributed by atoms with Gasteiger partial charge in [0.1, 0.15) is 17.2 Å². The lowest BCUT2D eigenvalue weighted by Gasteiger charge is -2.11. The highest BCUT2D eigenvalue weighted by molar-refractivity contribution is 7.18. The Balaban J connectivity index is 1.63. The van der Waals surface area contributed by atoms with Crippen LogP contribution < -0.4 is 10.9 Å². The van der Waals surface area contributed by atoms with E-state index in [4.69, 9.17) is 0 Å². The molecule has 1 aromatic carbocycles. The third-order valence-electron chi connectivity index (χ3n) is 4.40. The van der Waals surface area contributed by atoms with Gasteiger partial charge < -0.3 is 5.32 Å². The van der Waals surface area contributed by atoms with Crippen molar-refractivity contribution in [1.82, 2.24) is 9.55 Å². The van der Waals surface area contributed by atoms with Crippen LogP contribution in [0.15, 0.2) is 35.4 Å². The zero-order chi connectivity index (χ0) is 17.4. The number of hydrogen-bond acceptors (Lipinski definition) is 4. The summed E-state index contributed by atoms with van der Waals surface area (Å²) in [5, 5.41) is 3.13. The number of aromatic nitrogens is 2. The molecule has 7 heteroatoms. The lowest BCUT2D eigenvalue weighted by atomic mass is 9.97. The second kappa shape index (κ2) is 6.40. The molecule has 0 radical (unpaired) electrons. The Bertz CT molecular complexity index is 1020. The largest absolute Gasteiger partial charge is 0.322 e. The van der Waals surface area contributed by atoms with Crippen LogP contribution in [0.3, 0.4) is 0 Å². The molecule has 2 heterocycles. The average molecular weight is 357 g/mol. The van der Waals surface area contributed by atoms with E-state index in [0.717, 1.165) is 36.1 Å². The van der Waals surface area contributed by atoms with Gasteiger partial charge in [0.15, 0.2) is 0 Å². The molecule has 5 nitrogen and oxygen atoms in total. The predicted molar refractivity (Wildman–Crippen MR) is 95.6 cm³/mol. The molecule has 0 unspecified atom stereocenters. The predicted octanol–water partition coefficient (Wildman–Crippen LogP) is 3.11. The minimum absolute atomic E-state index is 0.0995. The quantitative estimate of drug-likeness (QED) is 0.783. The molecule has 4 rings (SSSR count). The number of aryl methyl sites for hydroxylation is 2. The number of thiophene rings is 1. The van der Waals surface area contributed by atoms with Crippen molar-refractivity contribution < 1.29 is 9.18 Å². The van der Waals surface area contributed by atoms with E-state index in [1.165, 1.54) is 27.9 Å². The molecule has 0 fully saturated rings. The normalized spacial score (nSPS) is 13.6. The van der Waals surface area contributed by atoms with E-state index in [9.17, 15) is 14.0 Å². The molecule has 0 spiro atoms. The molecular weight excluding hydrogens is 341 g/mol. The zero-order valence-electron chi connectivity index (χ0n) is 13.4. The summed E-state index contributed by atoms with van der Waals surface area (Å²) in [5.74, 6) is -0.971. The highest BCUT2D eigenvalue weighted by atomic mass is 32.1. The van der Waals surface area contributed by atoms with E-state index in [1.807, 2.05) is 0 Å². The van der Waals surface area contributed by atoms with Crippen LogP contribution in [0, 0.1) is 5.82 Å². The lowest BCUT2D eigenvalue weighted by molar-refractivity contribution is -0.116. The standard InChI is InChI=1S/C18H16FN3O2S/c19-12-6-2-3-7-13(12)21-15(23)9-22-10-20-17-16(18(22)24)11-5-1-4-8-14(11)25-17/h2-3,6-7,10H,1,4-5,8-9H2,(H,21,23). The van der Waals surface area contributed by atoms with E-state index < -0.39 is 11.7 Å². The van der Waals surface area contributed by atoms with Crippen LogP contribution in [-0.4, -0.2) is 15.5 Å². The first kappa shape index (κ1) is 16.0. The van der Waals surface area contributed by atoms with Crippen molar-refractivity contribution in [2.75, 3.05) is 5.32 Å². The fraction of sp³-hybridized carbons (Fsp3) is 0.278. The fourth-order valence-corrected chi connectivity index (χ4v) is 4.42. The summed E-state index contributed by atoms with van der Waals surface area (Å²) in [6, 6.07) is 5.93. The van der Waals surface area contributed by atoms with Crippen LogP contribution >= 0.6 is 11.3 Å². The molecule has 1 aliphatic rings. The minimum atomic E-state index is -0.510. The lowest BCUT2D eigenvalue weighted by Crippen LogP contribution is -2.28. The van der Waals surface area contributed by atoms with Gasteiger partial charge in [-0.05, 0) is 43.4 Å². The van der Waals surface area contributed by atoms with E-state index >= 15 is 0 Å². The first-order valence-electron chi connectivity index (χ1n) is 8.17. The van der Waals surface area contributed by atoms with Gasteiger partial charge in [0, 0.05) is 4.88 Å². The van der Waals surface area contributed by atoms with Crippen molar-refractivity contribution in [3.05, 3.63) is 57.2 Å². The van der Waals surface area contributed by atoms with Gasteiger partial charge in [-0.1, -0.05) is 12.1 Å². The number of benzene rings is 1. The number of hydrogen-bond donors (Lipinski definition) is 1. The van der Waals surface area contributed by atoms with E-state index in [0.29, 0.717) is 5.39 Å². The molecule has 1 amide bonds. The third-order valence-corrected chi connectivity index (χ3v) is 5.60. The summed E-state index contributed by atoms with van der Waals surface area (Å²) in [7, 11) is 0. The number of anilines is 1.